The molecule has 0 aliphatic heterocycles. The summed E-state index contributed by atoms with van der Waals surface area (Å²) in [5, 5.41) is 3.50. The van der Waals surface area contributed by atoms with Crippen molar-refractivity contribution in [2.45, 2.75) is 19.1 Å². The van der Waals surface area contributed by atoms with Crippen LogP contribution in [0.25, 0.3) is 0 Å². The van der Waals surface area contributed by atoms with E-state index in [4.69, 9.17) is 11.6 Å². The predicted octanol–water partition coefficient (Wildman–Crippen LogP) is 2.96. The normalized spacial score (nSPS) is 15.4. The van der Waals surface area contributed by atoms with Crippen LogP contribution in [0, 0.1) is 0 Å². The van der Waals surface area contributed by atoms with Gasteiger partial charge < -0.3 is 5.32 Å². The molecule has 0 radical (unpaired) electrons. The lowest BCUT2D eigenvalue weighted by molar-refractivity contribution is 0.275. The Morgan fingerprint density at radius 1 is 1.31 bits per heavy atom. The first kappa shape index (κ1) is 10.5. The van der Waals surface area contributed by atoms with Crippen molar-refractivity contribution >= 4 is 11.6 Å². The van der Waals surface area contributed by atoms with Crippen LogP contribution < -0.4 is 5.32 Å². The molecule has 1 aromatic carbocycles. The molecule has 1 rings (SSSR count). The first-order valence-corrected chi connectivity index (χ1v) is 4.59. The van der Waals surface area contributed by atoms with Gasteiger partial charge in [0.1, 0.15) is 6.17 Å². The predicted molar refractivity (Wildman–Crippen MR) is 53.8 cm³/mol. The number of hydrogen-bond donors (Lipinski definition) is 1. The molecule has 1 aromatic rings. The van der Waals surface area contributed by atoms with Crippen LogP contribution in [0.2, 0.25) is 5.02 Å². The van der Waals surface area contributed by atoms with E-state index in [1.165, 1.54) is 0 Å². The second-order valence-electron chi connectivity index (χ2n) is 3.03. The molecule has 2 atom stereocenters. The third kappa shape index (κ3) is 2.68. The van der Waals surface area contributed by atoms with Crippen molar-refractivity contribution in [3.05, 3.63) is 34.9 Å². The summed E-state index contributed by atoms with van der Waals surface area (Å²) in [6.07, 6.45) is -0.984. The first-order chi connectivity index (χ1) is 6.15. The van der Waals surface area contributed by atoms with Crippen molar-refractivity contribution in [2.24, 2.45) is 0 Å². The Morgan fingerprint density at radius 3 is 2.31 bits per heavy atom. The van der Waals surface area contributed by atoms with Crippen molar-refractivity contribution in [1.82, 2.24) is 5.32 Å². The summed E-state index contributed by atoms with van der Waals surface area (Å²) in [6, 6.07) is 6.64. The largest absolute Gasteiger partial charge is 0.314 e. The molecule has 0 aromatic heterocycles. The number of rotatable bonds is 3. The third-order valence-corrected chi connectivity index (χ3v) is 2.33. The molecule has 1 N–H and O–H groups in total. The number of benzene rings is 1. The first-order valence-electron chi connectivity index (χ1n) is 4.22. The summed E-state index contributed by atoms with van der Waals surface area (Å²) < 4.78 is 13.6. The van der Waals surface area contributed by atoms with Gasteiger partial charge in [0.05, 0.1) is 0 Å². The molecule has 0 saturated carbocycles. The van der Waals surface area contributed by atoms with Crippen LogP contribution in [-0.2, 0) is 0 Å². The zero-order chi connectivity index (χ0) is 9.84. The Labute approximate surface area is 82.9 Å². The lowest BCUT2D eigenvalue weighted by atomic mass is 10.1. The average Bonchev–Trinajstić information content (AvgIpc) is 2.17. The molecule has 1 nitrogen and oxygen atoms in total. The van der Waals surface area contributed by atoms with Gasteiger partial charge in [-0.1, -0.05) is 23.7 Å². The number of nitrogens with one attached hydrogen (secondary N) is 1. The number of halogens is 2. The summed E-state index contributed by atoms with van der Waals surface area (Å²) in [6.45, 7) is 1.80. The van der Waals surface area contributed by atoms with Gasteiger partial charge in [-0.25, -0.2) is 4.39 Å². The maximum Gasteiger partial charge on any atom is 0.140 e. The Kier molecular flexibility index (Phi) is 3.70. The van der Waals surface area contributed by atoms with E-state index in [1.807, 2.05) is 0 Å². The zero-order valence-corrected chi connectivity index (χ0v) is 8.48. The van der Waals surface area contributed by atoms with E-state index in [1.54, 1.807) is 38.2 Å². The average molecular weight is 202 g/mol. The Bertz CT molecular complexity index is 260. The van der Waals surface area contributed by atoms with Gasteiger partial charge in [-0.3, -0.25) is 0 Å². The lowest BCUT2D eigenvalue weighted by Crippen LogP contribution is -2.26. The molecule has 2 unspecified atom stereocenters. The van der Waals surface area contributed by atoms with Crippen molar-refractivity contribution < 1.29 is 4.39 Å². The number of hydrogen-bond acceptors (Lipinski definition) is 1. The molecule has 3 heteroatoms. The molecule has 0 spiro atoms. The molecule has 0 bridgehead atoms. The maximum absolute atomic E-state index is 13.6. The van der Waals surface area contributed by atoms with Crippen LogP contribution in [0.1, 0.15) is 18.7 Å². The van der Waals surface area contributed by atoms with Crippen LogP contribution in [-0.4, -0.2) is 13.1 Å². The zero-order valence-electron chi connectivity index (χ0n) is 7.72. The highest BCUT2D eigenvalue weighted by atomic mass is 35.5. The van der Waals surface area contributed by atoms with Gasteiger partial charge in [-0.2, -0.15) is 0 Å². The van der Waals surface area contributed by atoms with Crippen molar-refractivity contribution in [3.63, 3.8) is 0 Å². The quantitative estimate of drug-likeness (QED) is 0.793. The summed E-state index contributed by atoms with van der Waals surface area (Å²) >= 11 is 5.69. The van der Waals surface area contributed by atoms with Gasteiger partial charge in [-0.15, -0.1) is 0 Å². The van der Waals surface area contributed by atoms with Crippen molar-refractivity contribution in [1.29, 1.82) is 0 Å². The highest BCUT2D eigenvalue weighted by molar-refractivity contribution is 6.30. The van der Waals surface area contributed by atoms with E-state index in [2.05, 4.69) is 5.32 Å². The van der Waals surface area contributed by atoms with Crippen LogP contribution in [0.3, 0.4) is 0 Å². The van der Waals surface area contributed by atoms with Gasteiger partial charge in [0.15, 0.2) is 0 Å². The Balaban J connectivity index is 2.77. The molecule has 0 aliphatic carbocycles. The van der Waals surface area contributed by atoms with Gasteiger partial charge in [0, 0.05) is 11.1 Å². The Morgan fingerprint density at radius 2 is 1.85 bits per heavy atom. The van der Waals surface area contributed by atoms with Gasteiger partial charge in [0.2, 0.25) is 0 Å². The summed E-state index contributed by atoms with van der Waals surface area (Å²) in [5.74, 6) is 0. The number of alkyl halides is 1. The monoisotopic (exact) mass is 201 g/mol. The summed E-state index contributed by atoms with van der Waals surface area (Å²) in [7, 11) is 1.74. The van der Waals surface area contributed by atoms with E-state index in [-0.39, 0.29) is 6.04 Å². The topological polar surface area (TPSA) is 12.0 Å². The minimum Gasteiger partial charge on any atom is -0.314 e. The molecular formula is C10H13ClFN. The fourth-order valence-corrected chi connectivity index (χ4v) is 1.21. The van der Waals surface area contributed by atoms with Gasteiger partial charge in [-0.05, 0) is 31.7 Å². The van der Waals surface area contributed by atoms with E-state index in [0.717, 1.165) is 0 Å². The van der Waals surface area contributed by atoms with E-state index < -0.39 is 6.17 Å². The smallest absolute Gasteiger partial charge is 0.140 e. The summed E-state index contributed by atoms with van der Waals surface area (Å²) in [5.41, 5.74) is 0.659. The van der Waals surface area contributed by atoms with Crippen LogP contribution >= 0.6 is 11.6 Å². The highest BCUT2D eigenvalue weighted by Gasteiger charge is 2.15. The molecule has 0 heterocycles. The minimum atomic E-state index is -0.984. The molecule has 72 valence electrons. The SMILES string of the molecule is CNC(C)C(F)c1ccc(Cl)cc1. The molecular weight excluding hydrogens is 189 g/mol. The van der Waals surface area contributed by atoms with Gasteiger partial charge in [0.25, 0.3) is 0 Å². The second-order valence-corrected chi connectivity index (χ2v) is 3.47. The maximum atomic E-state index is 13.6. The van der Waals surface area contributed by atoms with Crippen molar-refractivity contribution in [3.8, 4) is 0 Å². The molecule has 0 fully saturated rings. The molecule has 13 heavy (non-hydrogen) atoms. The fourth-order valence-electron chi connectivity index (χ4n) is 1.08. The van der Waals surface area contributed by atoms with E-state index >= 15 is 0 Å². The third-order valence-electron chi connectivity index (χ3n) is 2.08. The highest BCUT2D eigenvalue weighted by Crippen LogP contribution is 2.22. The minimum absolute atomic E-state index is 0.179. The second kappa shape index (κ2) is 4.58. The molecule has 0 aliphatic rings. The van der Waals surface area contributed by atoms with Crippen LogP contribution in [0.4, 0.5) is 4.39 Å². The Hall–Kier alpha value is -0.600. The van der Waals surface area contributed by atoms with E-state index in [9.17, 15) is 4.39 Å². The standard InChI is InChI=1S/C10H13ClFN/c1-7(13-2)10(12)8-3-5-9(11)6-4-8/h3-7,10,13H,1-2H3. The fraction of sp³-hybridized carbons (Fsp3) is 0.400. The summed E-state index contributed by atoms with van der Waals surface area (Å²) in [4.78, 5) is 0. The van der Waals surface area contributed by atoms with Crippen molar-refractivity contribution in [2.75, 3.05) is 7.05 Å². The molecule has 0 saturated heterocycles. The molecule has 0 amide bonds. The van der Waals surface area contributed by atoms with Crippen LogP contribution in [0.15, 0.2) is 24.3 Å². The number of likely N-dealkylation sites (N-methyl/N-ethyl adjacent to an activating group) is 1. The van der Waals surface area contributed by atoms with E-state index in [0.29, 0.717) is 10.6 Å². The van der Waals surface area contributed by atoms with Gasteiger partial charge >= 0.3 is 0 Å². The lowest BCUT2D eigenvalue weighted by Gasteiger charge is -2.15. The van der Waals surface area contributed by atoms with Crippen LogP contribution in [0.5, 0.6) is 0 Å².